The second-order valence-corrected chi connectivity index (χ2v) is 7.53. The van der Waals surface area contributed by atoms with Crippen LogP contribution in [0.25, 0.3) is 0 Å². The smallest absolute Gasteiger partial charge is 0.338 e. The van der Waals surface area contributed by atoms with E-state index in [1.807, 2.05) is 0 Å². The van der Waals surface area contributed by atoms with E-state index in [0.29, 0.717) is 22.5 Å². The first-order valence-electron chi connectivity index (χ1n) is 10.6. The van der Waals surface area contributed by atoms with Crippen molar-refractivity contribution in [1.82, 2.24) is 0 Å². The minimum atomic E-state index is -0.741. The Morgan fingerprint density at radius 2 is 1.38 bits per heavy atom. The molecule has 3 aromatic carbocycles. The maximum Gasteiger partial charge on any atom is 0.338 e. The third kappa shape index (κ3) is 4.91. The molecular formula is C26H20N2O6. The van der Waals surface area contributed by atoms with Gasteiger partial charge in [-0.2, -0.15) is 0 Å². The summed E-state index contributed by atoms with van der Waals surface area (Å²) in [6.45, 7) is -0.558. The fraction of sp³-hybridized carbons (Fsp3) is 0.115. The van der Waals surface area contributed by atoms with Crippen LogP contribution in [0.4, 0.5) is 11.4 Å². The highest BCUT2D eigenvalue weighted by molar-refractivity contribution is 6.20. The van der Waals surface area contributed by atoms with Crippen molar-refractivity contribution in [2.75, 3.05) is 16.8 Å². The van der Waals surface area contributed by atoms with Gasteiger partial charge in [0.15, 0.2) is 12.4 Å². The summed E-state index contributed by atoms with van der Waals surface area (Å²) in [6.07, 6.45) is 0.329. The number of para-hydroxylation sites is 1. The van der Waals surface area contributed by atoms with E-state index in [1.54, 1.807) is 54.6 Å². The van der Waals surface area contributed by atoms with Gasteiger partial charge in [-0.25, -0.2) is 4.79 Å². The van der Waals surface area contributed by atoms with E-state index in [2.05, 4.69) is 5.32 Å². The van der Waals surface area contributed by atoms with Gasteiger partial charge in [0, 0.05) is 24.0 Å². The van der Waals surface area contributed by atoms with Crippen LogP contribution in [-0.2, 0) is 19.1 Å². The first kappa shape index (κ1) is 22.6. The van der Waals surface area contributed by atoms with Crippen molar-refractivity contribution in [1.29, 1.82) is 0 Å². The number of amides is 3. The van der Waals surface area contributed by atoms with Crippen LogP contribution in [-0.4, -0.2) is 36.1 Å². The Kier molecular flexibility index (Phi) is 6.59. The number of carbonyl (C=O) groups is 5. The number of ether oxygens (including phenoxy) is 1. The summed E-state index contributed by atoms with van der Waals surface area (Å²) < 4.78 is 5.07. The summed E-state index contributed by atoms with van der Waals surface area (Å²) >= 11 is 0. The van der Waals surface area contributed by atoms with E-state index < -0.39 is 18.5 Å². The Morgan fingerprint density at radius 3 is 2.06 bits per heavy atom. The Hall–Kier alpha value is -4.59. The molecule has 1 aliphatic heterocycles. The van der Waals surface area contributed by atoms with Gasteiger partial charge in [0.05, 0.1) is 16.9 Å². The van der Waals surface area contributed by atoms with E-state index in [-0.39, 0.29) is 36.0 Å². The van der Waals surface area contributed by atoms with Crippen molar-refractivity contribution >= 4 is 40.8 Å². The van der Waals surface area contributed by atoms with Gasteiger partial charge in [-0.15, -0.1) is 0 Å². The van der Waals surface area contributed by atoms with Crippen LogP contribution >= 0.6 is 0 Å². The summed E-state index contributed by atoms with van der Waals surface area (Å²) in [4.78, 5) is 62.2. The van der Waals surface area contributed by atoms with Crippen molar-refractivity contribution in [3.8, 4) is 0 Å². The van der Waals surface area contributed by atoms with Crippen LogP contribution in [0.2, 0.25) is 0 Å². The number of rotatable bonds is 7. The molecule has 0 radical (unpaired) electrons. The van der Waals surface area contributed by atoms with Crippen LogP contribution < -0.4 is 10.2 Å². The van der Waals surface area contributed by atoms with Gasteiger partial charge >= 0.3 is 5.97 Å². The van der Waals surface area contributed by atoms with Crippen LogP contribution in [0, 0.1) is 0 Å². The molecule has 3 amide bonds. The Morgan fingerprint density at radius 1 is 0.765 bits per heavy atom. The van der Waals surface area contributed by atoms with Gasteiger partial charge in [-0.05, 0) is 36.4 Å². The average Bonchev–Trinajstić information content (AvgIpc) is 3.20. The fourth-order valence-electron chi connectivity index (χ4n) is 3.55. The van der Waals surface area contributed by atoms with E-state index in [4.69, 9.17) is 4.74 Å². The lowest BCUT2D eigenvalue weighted by molar-refractivity contribution is -0.121. The number of carbonyl (C=O) groups excluding carboxylic acids is 5. The van der Waals surface area contributed by atoms with E-state index in [9.17, 15) is 24.0 Å². The first-order valence-corrected chi connectivity index (χ1v) is 10.6. The minimum absolute atomic E-state index is 0.162. The highest BCUT2D eigenvalue weighted by Crippen LogP contribution is 2.23. The van der Waals surface area contributed by atoms with Crippen LogP contribution in [0.5, 0.6) is 0 Å². The third-order valence-corrected chi connectivity index (χ3v) is 5.23. The zero-order chi connectivity index (χ0) is 24.1. The highest BCUT2D eigenvalue weighted by atomic mass is 16.5. The number of esters is 1. The summed E-state index contributed by atoms with van der Waals surface area (Å²) in [5.74, 6) is -2.17. The lowest BCUT2D eigenvalue weighted by Crippen LogP contribution is -2.28. The number of hydrogen-bond donors (Lipinski definition) is 1. The van der Waals surface area contributed by atoms with Crippen molar-refractivity contribution in [2.45, 2.75) is 12.8 Å². The van der Waals surface area contributed by atoms with E-state index in [1.165, 1.54) is 24.3 Å². The number of nitrogens with one attached hydrogen (secondary N) is 1. The van der Waals surface area contributed by atoms with Gasteiger partial charge in [0.2, 0.25) is 11.8 Å². The molecule has 4 rings (SSSR count). The molecule has 0 aromatic heterocycles. The predicted octanol–water partition coefficient (Wildman–Crippen LogP) is 3.37. The summed E-state index contributed by atoms with van der Waals surface area (Å²) in [7, 11) is 0. The molecule has 1 heterocycles. The zero-order valence-corrected chi connectivity index (χ0v) is 18.0. The lowest BCUT2D eigenvalue weighted by Gasteiger charge is -2.14. The number of nitrogens with zero attached hydrogens (tertiary/aromatic N) is 1. The summed E-state index contributed by atoms with van der Waals surface area (Å²) in [5.41, 5.74) is 1.64. The molecule has 8 heteroatoms. The third-order valence-electron chi connectivity index (χ3n) is 5.23. The topological polar surface area (TPSA) is 110 Å². The molecule has 0 bridgehead atoms. The normalized spacial score (nSPS) is 13.0. The highest BCUT2D eigenvalue weighted by Gasteiger charge is 2.30. The van der Waals surface area contributed by atoms with Gasteiger partial charge in [0.25, 0.3) is 5.91 Å². The molecular weight excluding hydrogens is 436 g/mol. The number of ketones is 1. The molecule has 0 spiro atoms. The van der Waals surface area contributed by atoms with Gasteiger partial charge in [-0.1, -0.05) is 42.5 Å². The molecule has 170 valence electrons. The first-order chi connectivity index (χ1) is 16.4. The molecule has 1 aliphatic rings. The predicted molar refractivity (Wildman–Crippen MR) is 123 cm³/mol. The number of benzene rings is 3. The maximum absolute atomic E-state index is 12.8. The molecule has 0 saturated carbocycles. The van der Waals surface area contributed by atoms with Gasteiger partial charge in [-0.3, -0.25) is 24.1 Å². The molecule has 3 aromatic rings. The van der Waals surface area contributed by atoms with Crippen LogP contribution in [0.1, 0.15) is 39.1 Å². The van der Waals surface area contributed by atoms with Crippen molar-refractivity contribution in [3.63, 3.8) is 0 Å². The average molecular weight is 456 g/mol. The second kappa shape index (κ2) is 9.91. The number of hydrogen-bond acceptors (Lipinski definition) is 6. The van der Waals surface area contributed by atoms with Crippen molar-refractivity contribution in [2.24, 2.45) is 0 Å². The minimum Gasteiger partial charge on any atom is -0.452 e. The molecule has 0 atom stereocenters. The Labute approximate surface area is 195 Å². The molecule has 1 saturated heterocycles. The quantitative estimate of drug-likeness (QED) is 0.332. The molecule has 34 heavy (non-hydrogen) atoms. The molecule has 1 fully saturated rings. The number of anilines is 2. The molecule has 1 N–H and O–H groups in total. The van der Waals surface area contributed by atoms with Crippen molar-refractivity contribution < 1.29 is 28.7 Å². The second-order valence-electron chi connectivity index (χ2n) is 7.53. The summed E-state index contributed by atoms with van der Waals surface area (Å²) in [6, 6.07) is 21.0. The molecule has 0 aliphatic carbocycles. The molecule has 8 nitrogen and oxygen atoms in total. The summed E-state index contributed by atoms with van der Waals surface area (Å²) in [5, 5.41) is 2.61. The SMILES string of the molecule is O=C(COC(=O)c1ccc(N2C(=O)CCC2=O)cc1)Nc1ccccc1C(=O)c1ccccc1. The van der Waals surface area contributed by atoms with Gasteiger partial charge in [0.1, 0.15) is 0 Å². The van der Waals surface area contributed by atoms with Gasteiger partial charge < -0.3 is 10.1 Å². The monoisotopic (exact) mass is 456 g/mol. The van der Waals surface area contributed by atoms with Crippen molar-refractivity contribution in [3.05, 3.63) is 95.6 Å². The standard InChI is InChI=1S/C26H20N2O6/c29-22(27-21-9-5-4-8-20(21)25(32)17-6-2-1-3-7-17)16-34-26(33)18-10-12-19(13-11-18)28-23(30)14-15-24(28)31/h1-13H,14-16H2,(H,27,29). The largest absolute Gasteiger partial charge is 0.452 e. The van der Waals surface area contributed by atoms with Crippen LogP contribution in [0.15, 0.2) is 78.9 Å². The zero-order valence-electron chi connectivity index (χ0n) is 18.0. The van der Waals surface area contributed by atoms with E-state index >= 15 is 0 Å². The lowest BCUT2D eigenvalue weighted by atomic mass is 10.0. The number of imide groups is 1. The van der Waals surface area contributed by atoms with E-state index in [0.717, 1.165) is 4.90 Å². The Balaban J connectivity index is 1.37. The van der Waals surface area contributed by atoms with Crippen LogP contribution in [0.3, 0.4) is 0 Å². The Bertz CT molecular complexity index is 1250. The molecule has 0 unspecified atom stereocenters. The fourth-order valence-corrected chi connectivity index (χ4v) is 3.55. The maximum atomic E-state index is 12.8.